The second kappa shape index (κ2) is 21.4. The average Bonchev–Trinajstić information content (AvgIpc) is 3.54. The number of benzene rings is 1. The van der Waals surface area contributed by atoms with Crippen LogP contribution in [0.4, 0.5) is 0 Å². The summed E-state index contributed by atoms with van der Waals surface area (Å²) < 4.78 is 12.6. The molecule has 56 heavy (non-hydrogen) atoms. The minimum absolute atomic E-state index is 0.0792. The minimum Gasteiger partial charge on any atom is -0.493 e. The first-order valence-electron chi connectivity index (χ1n) is 23.1. The van der Waals surface area contributed by atoms with Gasteiger partial charge in [-0.1, -0.05) is 60.3 Å². The number of aliphatic hydroxyl groups excluding tert-OH is 1. The van der Waals surface area contributed by atoms with E-state index in [1.54, 1.807) is 0 Å². The van der Waals surface area contributed by atoms with Gasteiger partial charge in [-0.2, -0.15) is 0 Å². The van der Waals surface area contributed by atoms with Crippen molar-refractivity contribution in [3.05, 3.63) is 23.8 Å². The first-order chi connectivity index (χ1) is 27.0. The van der Waals surface area contributed by atoms with Gasteiger partial charge in [-0.3, -0.25) is 14.4 Å². The van der Waals surface area contributed by atoms with Crippen LogP contribution in [0.25, 0.3) is 0 Å². The number of hydrogen-bond acceptors (Lipinski definition) is 6. The van der Waals surface area contributed by atoms with E-state index in [0.717, 1.165) is 120 Å². The quantitative estimate of drug-likeness (QED) is 0.0954. The summed E-state index contributed by atoms with van der Waals surface area (Å²) >= 11 is 0. The second-order valence-electron chi connectivity index (χ2n) is 18.9. The molecule has 3 N–H and O–H groups in total. The van der Waals surface area contributed by atoms with Crippen molar-refractivity contribution in [2.24, 2.45) is 46.3 Å². The summed E-state index contributed by atoms with van der Waals surface area (Å²) in [5, 5.41) is 18.2. The van der Waals surface area contributed by atoms with Crippen molar-refractivity contribution in [3.8, 4) is 11.5 Å². The highest BCUT2D eigenvalue weighted by atomic mass is 16.5. The number of carbonyl (C=O) groups is 3. The zero-order valence-corrected chi connectivity index (χ0v) is 35.9. The van der Waals surface area contributed by atoms with Crippen LogP contribution in [0.5, 0.6) is 11.5 Å². The molecule has 0 spiro atoms. The lowest BCUT2D eigenvalue weighted by Crippen LogP contribution is -2.54. The van der Waals surface area contributed by atoms with Gasteiger partial charge in [0.15, 0.2) is 0 Å². The average molecular weight is 779 g/mol. The molecule has 0 heterocycles. The maximum absolute atomic E-state index is 12.4. The van der Waals surface area contributed by atoms with Gasteiger partial charge in [-0.05, 0) is 148 Å². The number of amides is 2. The largest absolute Gasteiger partial charge is 0.493 e. The Morgan fingerprint density at radius 2 is 1.34 bits per heavy atom. The summed E-state index contributed by atoms with van der Waals surface area (Å²) in [5.41, 5.74) is 1.34. The van der Waals surface area contributed by atoms with Crippen molar-refractivity contribution in [2.75, 3.05) is 26.3 Å². The number of ketones is 1. The first-order valence-corrected chi connectivity index (χ1v) is 23.1. The highest BCUT2D eigenvalue weighted by molar-refractivity contribution is 5.79. The van der Waals surface area contributed by atoms with E-state index < -0.39 is 6.10 Å². The van der Waals surface area contributed by atoms with E-state index in [2.05, 4.69) is 45.3 Å². The number of carbonyl (C=O) groups excluding carboxylic acids is 3. The molecule has 1 aromatic rings. The summed E-state index contributed by atoms with van der Waals surface area (Å²) in [6, 6.07) is 5.91. The summed E-state index contributed by atoms with van der Waals surface area (Å²) in [5.74, 6) is 5.27. The molecule has 0 saturated heterocycles. The number of nitrogens with one attached hydrogen (secondary N) is 2. The predicted molar refractivity (Wildman–Crippen MR) is 225 cm³/mol. The Bertz CT molecular complexity index is 1360. The van der Waals surface area contributed by atoms with Crippen LogP contribution >= 0.6 is 0 Å². The number of Topliss-reactive ketones (excluding diaryl/α,β-unsaturated/α-hetero) is 1. The molecule has 8 heteroatoms. The van der Waals surface area contributed by atoms with Crippen LogP contribution in [-0.4, -0.2) is 49.0 Å². The third-order valence-corrected chi connectivity index (χ3v) is 15.3. The van der Waals surface area contributed by atoms with Crippen LogP contribution in [0.3, 0.4) is 0 Å². The molecular weight excluding hydrogens is 701 g/mol. The molecule has 4 aliphatic rings. The standard InChI is InChI=1S/C48H78N2O6/c1-6-8-12-26-49-44(52)16-10-14-28-55-38-30-35(31-39(33-38)56-29-15-11-17-45(53)50-27-13-9-7-2)46(54)34(3)41-20-21-42-40-19-18-36-32-37(51)22-24-47(36,4)43(40)23-25-48(41,42)5/h30-31,33-34,36,40-43,46,54H,6-29,32H2,1-5H3,(H,49,52)(H,50,53)/t34?,36?,40-,41?,42-,43+,46?,47-,48+/m0/s1. The van der Waals surface area contributed by atoms with Crippen LogP contribution in [0.15, 0.2) is 18.2 Å². The topological polar surface area (TPSA) is 114 Å². The summed E-state index contributed by atoms with van der Waals surface area (Å²) in [6.07, 6.45) is 20.0. The molecule has 316 valence electrons. The van der Waals surface area contributed by atoms with Crippen molar-refractivity contribution in [1.29, 1.82) is 0 Å². The molecule has 1 aromatic carbocycles. The highest BCUT2D eigenvalue weighted by Crippen LogP contribution is 2.68. The maximum Gasteiger partial charge on any atom is 0.219 e. The molecule has 4 unspecified atom stereocenters. The fourth-order valence-corrected chi connectivity index (χ4v) is 11.9. The summed E-state index contributed by atoms with van der Waals surface area (Å²) in [7, 11) is 0. The Morgan fingerprint density at radius 1 is 0.750 bits per heavy atom. The lowest BCUT2D eigenvalue weighted by molar-refractivity contribution is -0.141. The van der Waals surface area contributed by atoms with Crippen LogP contribution in [0, 0.1) is 46.3 Å². The summed E-state index contributed by atoms with van der Waals surface area (Å²) in [6.45, 7) is 14.1. The lowest BCUT2D eigenvalue weighted by Gasteiger charge is -2.60. The van der Waals surface area contributed by atoms with Crippen LogP contribution in [-0.2, 0) is 14.4 Å². The van der Waals surface area contributed by atoms with Gasteiger partial charge in [0.25, 0.3) is 0 Å². The Labute approximate surface area is 339 Å². The Balaban J connectivity index is 1.20. The van der Waals surface area contributed by atoms with Gasteiger partial charge < -0.3 is 25.2 Å². The Hall–Kier alpha value is -2.61. The molecule has 4 fully saturated rings. The van der Waals surface area contributed by atoms with E-state index in [-0.39, 0.29) is 23.1 Å². The van der Waals surface area contributed by atoms with Gasteiger partial charge >= 0.3 is 0 Å². The monoisotopic (exact) mass is 779 g/mol. The van der Waals surface area contributed by atoms with Gasteiger partial charge in [0.2, 0.25) is 11.8 Å². The van der Waals surface area contributed by atoms with Crippen molar-refractivity contribution < 1.29 is 29.0 Å². The number of hydrogen-bond donors (Lipinski definition) is 3. The van der Waals surface area contributed by atoms with Gasteiger partial charge in [0.1, 0.15) is 17.3 Å². The van der Waals surface area contributed by atoms with E-state index in [1.165, 1.54) is 32.1 Å². The SMILES string of the molecule is CCCCCNC(=O)CCCCOc1cc(OCCCCC(=O)NCCCCC)cc(C(O)C(C)C2CC[C@H]3[C@@H]4CCC5CC(=O)CC[C@]5(C)[C@@H]4CC[C@]23C)c1. The van der Waals surface area contributed by atoms with E-state index >= 15 is 0 Å². The molecule has 4 aliphatic carbocycles. The van der Waals surface area contributed by atoms with Gasteiger partial charge in [0.05, 0.1) is 19.3 Å². The maximum atomic E-state index is 12.4. The second-order valence-corrected chi connectivity index (χ2v) is 18.9. The lowest BCUT2D eigenvalue weighted by atomic mass is 9.44. The van der Waals surface area contributed by atoms with E-state index in [4.69, 9.17) is 9.47 Å². The zero-order valence-electron chi connectivity index (χ0n) is 35.9. The van der Waals surface area contributed by atoms with Crippen molar-refractivity contribution in [2.45, 2.75) is 176 Å². The van der Waals surface area contributed by atoms with Crippen molar-refractivity contribution >= 4 is 17.6 Å². The molecule has 2 amide bonds. The van der Waals surface area contributed by atoms with Crippen molar-refractivity contribution in [3.63, 3.8) is 0 Å². The number of fused-ring (bicyclic) bond motifs is 5. The number of aliphatic hydroxyl groups is 1. The molecule has 0 aliphatic heterocycles. The molecule has 5 rings (SSSR count). The normalized spacial score (nSPS) is 29.4. The van der Waals surface area contributed by atoms with Crippen LogP contribution < -0.4 is 20.1 Å². The molecular formula is C48H78N2O6. The Morgan fingerprint density at radius 3 is 1.93 bits per heavy atom. The fourth-order valence-electron chi connectivity index (χ4n) is 11.9. The number of rotatable bonds is 23. The van der Waals surface area contributed by atoms with Gasteiger partial charge in [-0.15, -0.1) is 0 Å². The highest BCUT2D eigenvalue weighted by Gasteiger charge is 2.61. The molecule has 9 atom stereocenters. The van der Waals surface area contributed by atoms with Gasteiger partial charge in [0, 0.05) is 44.8 Å². The first kappa shape index (κ1) is 44.5. The minimum atomic E-state index is -0.649. The summed E-state index contributed by atoms with van der Waals surface area (Å²) in [4.78, 5) is 36.9. The van der Waals surface area contributed by atoms with E-state index in [1.807, 2.05) is 18.2 Å². The molecule has 8 nitrogen and oxygen atoms in total. The Kier molecular flexibility index (Phi) is 17.0. The van der Waals surface area contributed by atoms with E-state index in [0.29, 0.717) is 66.5 Å². The molecule has 4 saturated carbocycles. The van der Waals surface area contributed by atoms with Crippen molar-refractivity contribution in [1.82, 2.24) is 10.6 Å². The molecule has 0 bridgehead atoms. The van der Waals surface area contributed by atoms with E-state index in [9.17, 15) is 19.5 Å². The van der Waals surface area contributed by atoms with Crippen LogP contribution in [0.1, 0.15) is 181 Å². The molecule has 0 radical (unpaired) electrons. The molecule has 0 aromatic heterocycles. The number of ether oxygens (including phenoxy) is 2. The third kappa shape index (κ3) is 11.3. The smallest absolute Gasteiger partial charge is 0.219 e. The van der Waals surface area contributed by atoms with Gasteiger partial charge in [-0.25, -0.2) is 0 Å². The van der Waals surface area contributed by atoms with Crippen LogP contribution in [0.2, 0.25) is 0 Å². The third-order valence-electron chi connectivity index (χ3n) is 15.3. The number of unbranched alkanes of at least 4 members (excludes halogenated alkanes) is 6. The predicted octanol–water partition coefficient (Wildman–Crippen LogP) is 10.3. The fraction of sp³-hybridized carbons (Fsp3) is 0.812. The zero-order chi connectivity index (χ0) is 40.1.